The van der Waals surface area contributed by atoms with Gasteiger partial charge in [0.15, 0.2) is 0 Å². The third kappa shape index (κ3) is 5.82. The van der Waals surface area contributed by atoms with E-state index in [4.69, 9.17) is 9.47 Å². The van der Waals surface area contributed by atoms with E-state index in [1.807, 2.05) is 6.92 Å². The van der Waals surface area contributed by atoms with Gasteiger partial charge in [-0.25, -0.2) is 0 Å². The van der Waals surface area contributed by atoms with Crippen LogP contribution in [0.5, 0.6) is 0 Å². The Morgan fingerprint density at radius 1 is 1.41 bits per heavy atom. The average Bonchev–Trinajstić information content (AvgIpc) is 3.15. The van der Waals surface area contributed by atoms with E-state index in [0.717, 1.165) is 19.1 Å². The van der Waals surface area contributed by atoms with Crippen molar-refractivity contribution >= 4 is 0 Å². The third-order valence-corrected chi connectivity index (χ3v) is 3.42. The Kier molecular flexibility index (Phi) is 7.04. The molecule has 1 aliphatic carbocycles. The standard InChI is InChI=1S/C13H27NO3/c1-4-17-10-13(15)9-14(7-8-16-3)11(2)12-5-6-12/h11-13,15H,4-10H2,1-3H3. The van der Waals surface area contributed by atoms with Crippen molar-refractivity contribution in [3.8, 4) is 0 Å². The number of nitrogens with zero attached hydrogens (tertiary/aromatic N) is 1. The van der Waals surface area contributed by atoms with Gasteiger partial charge in [-0.05, 0) is 32.6 Å². The zero-order chi connectivity index (χ0) is 12.7. The van der Waals surface area contributed by atoms with Crippen molar-refractivity contribution in [3.05, 3.63) is 0 Å². The van der Waals surface area contributed by atoms with Crippen LogP contribution in [0, 0.1) is 5.92 Å². The molecule has 1 rings (SSSR count). The predicted octanol–water partition coefficient (Wildman–Crippen LogP) is 1.13. The second-order valence-corrected chi connectivity index (χ2v) is 4.88. The Labute approximate surface area is 105 Å². The van der Waals surface area contributed by atoms with Crippen molar-refractivity contribution in [2.75, 3.05) is 40.0 Å². The van der Waals surface area contributed by atoms with Crippen molar-refractivity contribution in [2.45, 2.75) is 38.8 Å². The van der Waals surface area contributed by atoms with Crippen LogP contribution in [-0.4, -0.2) is 62.2 Å². The lowest BCUT2D eigenvalue weighted by Crippen LogP contribution is -2.43. The Morgan fingerprint density at radius 2 is 2.12 bits per heavy atom. The van der Waals surface area contributed by atoms with Crippen LogP contribution in [0.2, 0.25) is 0 Å². The molecule has 2 unspecified atom stereocenters. The number of rotatable bonds is 10. The molecule has 0 aromatic heterocycles. The largest absolute Gasteiger partial charge is 0.389 e. The zero-order valence-electron chi connectivity index (χ0n) is 11.4. The molecule has 17 heavy (non-hydrogen) atoms. The second kappa shape index (κ2) is 8.03. The minimum Gasteiger partial charge on any atom is -0.389 e. The van der Waals surface area contributed by atoms with Gasteiger partial charge in [0.1, 0.15) is 0 Å². The highest BCUT2D eigenvalue weighted by Crippen LogP contribution is 2.35. The van der Waals surface area contributed by atoms with E-state index < -0.39 is 6.10 Å². The van der Waals surface area contributed by atoms with E-state index in [9.17, 15) is 5.11 Å². The van der Waals surface area contributed by atoms with Crippen molar-refractivity contribution in [2.24, 2.45) is 5.92 Å². The molecule has 0 amide bonds. The maximum Gasteiger partial charge on any atom is 0.0900 e. The summed E-state index contributed by atoms with van der Waals surface area (Å²) in [5.41, 5.74) is 0. The van der Waals surface area contributed by atoms with Gasteiger partial charge < -0.3 is 14.6 Å². The molecule has 0 heterocycles. The van der Waals surface area contributed by atoms with Gasteiger partial charge in [-0.3, -0.25) is 4.90 Å². The molecule has 1 N–H and O–H groups in total. The van der Waals surface area contributed by atoms with Crippen molar-refractivity contribution in [1.82, 2.24) is 4.90 Å². The molecule has 1 saturated carbocycles. The summed E-state index contributed by atoms with van der Waals surface area (Å²) in [5.74, 6) is 0.811. The molecule has 1 aliphatic rings. The molecular formula is C13H27NO3. The van der Waals surface area contributed by atoms with E-state index in [0.29, 0.717) is 25.8 Å². The lowest BCUT2D eigenvalue weighted by molar-refractivity contribution is 0.00579. The SMILES string of the molecule is CCOCC(O)CN(CCOC)C(C)C1CC1. The second-order valence-electron chi connectivity index (χ2n) is 4.88. The molecule has 0 radical (unpaired) electrons. The van der Waals surface area contributed by atoms with Crippen LogP contribution in [-0.2, 0) is 9.47 Å². The fraction of sp³-hybridized carbons (Fsp3) is 1.00. The van der Waals surface area contributed by atoms with Gasteiger partial charge >= 0.3 is 0 Å². The van der Waals surface area contributed by atoms with Crippen LogP contribution in [0.3, 0.4) is 0 Å². The molecule has 0 aromatic carbocycles. The highest BCUT2D eigenvalue weighted by Gasteiger charge is 2.32. The first kappa shape index (κ1) is 14.9. The first-order valence-electron chi connectivity index (χ1n) is 6.67. The fourth-order valence-corrected chi connectivity index (χ4v) is 2.12. The molecule has 4 nitrogen and oxygen atoms in total. The topological polar surface area (TPSA) is 41.9 Å². The third-order valence-electron chi connectivity index (χ3n) is 3.42. The summed E-state index contributed by atoms with van der Waals surface area (Å²) >= 11 is 0. The summed E-state index contributed by atoms with van der Waals surface area (Å²) < 4.78 is 10.4. The Hall–Kier alpha value is -0.160. The Balaban J connectivity index is 2.32. The van der Waals surface area contributed by atoms with Crippen LogP contribution >= 0.6 is 0 Å². The summed E-state index contributed by atoms with van der Waals surface area (Å²) in [6.07, 6.45) is 2.26. The highest BCUT2D eigenvalue weighted by molar-refractivity contribution is 4.86. The first-order chi connectivity index (χ1) is 8.19. The molecule has 0 saturated heterocycles. The fourth-order valence-electron chi connectivity index (χ4n) is 2.12. The molecule has 1 fully saturated rings. The number of hydrogen-bond donors (Lipinski definition) is 1. The monoisotopic (exact) mass is 245 g/mol. The molecule has 4 heteroatoms. The van der Waals surface area contributed by atoms with Crippen LogP contribution < -0.4 is 0 Å². The van der Waals surface area contributed by atoms with E-state index in [-0.39, 0.29) is 0 Å². The average molecular weight is 245 g/mol. The maximum absolute atomic E-state index is 9.89. The molecule has 0 aliphatic heterocycles. The minimum absolute atomic E-state index is 0.395. The molecule has 0 aromatic rings. The van der Waals surface area contributed by atoms with Crippen LogP contribution in [0.25, 0.3) is 0 Å². The van der Waals surface area contributed by atoms with Gasteiger partial charge in [-0.2, -0.15) is 0 Å². The normalized spacial score (nSPS) is 19.6. The number of aliphatic hydroxyl groups is 1. The number of hydrogen-bond acceptors (Lipinski definition) is 4. The minimum atomic E-state index is -0.395. The summed E-state index contributed by atoms with van der Waals surface area (Å²) in [6, 6.07) is 0.543. The molecule has 0 bridgehead atoms. The molecule has 102 valence electrons. The summed E-state index contributed by atoms with van der Waals surface area (Å²) in [5, 5.41) is 9.89. The first-order valence-corrected chi connectivity index (χ1v) is 6.67. The van der Waals surface area contributed by atoms with E-state index in [1.165, 1.54) is 12.8 Å². The molecular weight excluding hydrogens is 218 g/mol. The van der Waals surface area contributed by atoms with Gasteiger partial charge in [0, 0.05) is 32.8 Å². The molecule has 2 atom stereocenters. The quantitative estimate of drug-likeness (QED) is 0.626. The smallest absolute Gasteiger partial charge is 0.0900 e. The van der Waals surface area contributed by atoms with Crippen LogP contribution in [0.4, 0.5) is 0 Å². The van der Waals surface area contributed by atoms with E-state index in [1.54, 1.807) is 7.11 Å². The van der Waals surface area contributed by atoms with E-state index in [2.05, 4.69) is 11.8 Å². The van der Waals surface area contributed by atoms with Crippen molar-refractivity contribution < 1.29 is 14.6 Å². The number of ether oxygens (including phenoxy) is 2. The summed E-state index contributed by atoms with van der Waals surface area (Å²) in [6.45, 7) is 7.57. The van der Waals surface area contributed by atoms with Crippen LogP contribution in [0.1, 0.15) is 26.7 Å². The van der Waals surface area contributed by atoms with Gasteiger partial charge in [0.25, 0.3) is 0 Å². The van der Waals surface area contributed by atoms with Gasteiger partial charge in [0.05, 0.1) is 19.3 Å². The summed E-state index contributed by atoms with van der Waals surface area (Å²) in [7, 11) is 1.72. The zero-order valence-corrected chi connectivity index (χ0v) is 11.4. The Bertz CT molecular complexity index is 197. The highest BCUT2D eigenvalue weighted by atomic mass is 16.5. The maximum atomic E-state index is 9.89. The number of aliphatic hydroxyl groups excluding tert-OH is 1. The van der Waals surface area contributed by atoms with Crippen LogP contribution in [0.15, 0.2) is 0 Å². The van der Waals surface area contributed by atoms with E-state index >= 15 is 0 Å². The lowest BCUT2D eigenvalue weighted by atomic mass is 10.1. The van der Waals surface area contributed by atoms with Gasteiger partial charge in [-0.15, -0.1) is 0 Å². The Morgan fingerprint density at radius 3 is 2.65 bits per heavy atom. The predicted molar refractivity (Wildman–Crippen MR) is 68.1 cm³/mol. The lowest BCUT2D eigenvalue weighted by Gasteiger charge is -2.30. The van der Waals surface area contributed by atoms with Crippen molar-refractivity contribution in [1.29, 1.82) is 0 Å². The summed E-state index contributed by atoms with van der Waals surface area (Å²) in [4.78, 5) is 2.32. The number of methoxy groups -OCH3 is 1. The van der Waals surface area contributed by atoms with Crippen molar-refractivity contribution in [3.63, 3.8) is 0 Å². The van der Waals surface area contributed by atoms with Gasteiger partial charge in [0.2, 0.25) is 0 Å². The molecule has 0 spiro atoms. The van der Waals surface area contributed by atoms with Gasteiger partial charge in [-0.1, -0.05) is 0 Å².